The smallest absolute Gasteiger partial charge is 0.325 e. The van der Waals surface area contributed by atoms with Crippen molar-refractivity contribution >= 4 is 34.0 Å². The molecule has 0 unspecified atom stereocenters. The maximum Gasteiger partial charge on any atom is 0.325 e. The van der Waals surface area contributed by atoms with Gasteiger partial charge in [0.15, 0.2) is 0 Å². The molecular weight excluding hydrogens is 336 g/mol. The quantitative estimate of drug-likeness (QED) is 0.890. The molecule has 0 aliphatic rings. The summed E-state index contributed by atoms with van der Waals surface area (Å²) < 4.78 is 5.95. The Balaban J connectivity index is 1.91. The summed E-state index contributed by atoms with van der Waals surface area (Å²) in [6.07, 6.45) is 6.35. The van der Waals surface area contributed by atoms with Gasteiger partial charge in [-0.2, -0.15) is 0 Å². The number of urea groups is 1. The Morgan fingerprint density at radius 1 is 1.29 bits per heavy atom. The third-order valence-electron chi connectivity index (χ3n) is 2.46. The number of hydrogen-bond acceptors (Lipinski definition) is 4. The third kappa shape index (κ3) is 4.57. The van der Waals surface area contributed by atoms with Crippen molar-refractivity contribution in [2.24, 2.45) is 0 Å². The number of halogens is 1. The van der Waals surface area contributed by atoms with Crippen molar-refractivity contribution in [3.8, 4) is 5.75 Å². The minimum absolute atomic E-state index is 0.224. The van der Waals surface area contributed by atoms with Crippen LogP contribution in [0.25, 0.3) is 6.08 Å². The molecule has 1 heterocycles. The monoisotopic (exact) mass is 348 g/mol. The number of nitrogens with zero attached hydrogens (tertiary/aromatic N) is 2. The van der Waals surface area contributed by atoms with E-state index in [9.17, 15) is 4.79 Å². The number of rotatable bonds is 4. The lowest BCUT2D eigenvalue weighted by molar-refractivity contribution is 0.255. The van der Waals surface area contributed by atoms with E-state index in [1.54, 1.807) is 25.6 Å². The van der Waals surface area contributed by atoms with Gasteiger partial charge in [0.25, 0.3) is 0 Å². The van der Waals surface area contributed by atoms with Crippen LogP contribution in [0.4, 0.5) is 10.7 Å². The number of benzene rings is 1. The molecule has 2 N–H and O–H groups in total. The first kappa shape index (κ1) is 15.0. The molecule has 0 saturated carbocycles. The second kappa shape index (κ2) is 7.39. The van der Waals surface area contributed by atoms with Gasteiger partial charge >= 0.3 is 6.03 Å². The molecule has 21 heavy (non-hydrogen) atoms. The molecule has 7 heteroatoms. The van der Waals surface area contributed by atoms with Crippen molar-refractivity contribution < 1.29 is 9.53 Å². The molecule has 0 saturated heterocycles. The van der Waals surface area contributed by atoms with E-state index in [1.807, 2.05) is 24.3 Å². The number of aromatic nitrogens is 2. The summed E-state index contributed by atoms with van der Waals surface area (Å²) in [5, 5.41) is 5.08. The van der Waals surface area contributed by atoms with Crippen LogP contribution >= 0.6 is 15.9 Å². The van der Waals surface area contributed by atoms with Gasteiger partial charge in [-0.15, -0.1) is 0 Å². The van der Waals surface area contributed by atoms with Crippen LogP contribution in [-0.2, 0) is 0 Å². The molecule has 0 aliphatic heterocycles. The highest BCUT2D eigenvalue weighted by molar-refractivity contribution is 9.10. The number of amides is 2. The van der Waals surface area contributed by atoms with E-state index in [2.05, 4.69) is 36.5 Å². The maximum absolute atomic E-state index is 11.6. The molecule has 2 amide bonds. The predicted octanol–water partition coefficient (Wildman–Crippen LogP) is 3.04. The Labute approximate surface area is 130 Å². The number of anilines is 1. The highest BCUT2D eigenvalue weighted by Gasteiger charge is 2.02. The van der Waals surface area contributed by atoms with Crippen molar-refractivity contribution in [2.75, 3.05) is 12.4 Å². The number of ether oxygens (including phenoxy) is 1. The van der Waals surface area contributed by atoms with Crippen LogP contribution < -0.4 is 15.4 Å². The SMILES string of the molecule is COc1ccccc1/C=C/NC(=O)Nc1ncc(Br)cn1. The zero-order chi connectivity index (χ0) is 15.1. The first-order chi connectivity index (χ1) is 10.2. The molecule has 0 atom stereocenters. The van der Waals surface area contributed by atoms with Gasteiger partial charge in [0, 0.05) is 24.2 Å². The molecule has 2 aromatic rings. The van der Waals surface area contributed by atoms with E-state index in [1.165, 1.54) is 6.20 Å². The first-order valence-electron chi connectivity index (χ1n) is 6.03. The number of nitrogens with one attached hydrogen (secondary N) is 2. The molecule has 6 nitrogen and oxygen atoms in total. The molecular formula is C14H13BrN4O2. The summed E-state index contributed by atoms with van der Waals surface area (Å²) >= 11 is 3.22. The number of hydrogen-bond donors (Lipinski definition) is 2. The lowest BCUT2D eigenvalue weighted by Crippen LogP contribution is -2.24. The molecule has 108 valence electrons. The van der Waals surface area contributed by atoms with Crippen LogP contribution in [-0.4, -0.2) is 23.1 Å². The van der Waals surface area contributed by atoms with Crippen LogP contribution in [0.15, 0.2) is 47.3 Å². The van der Waals surface area contributed by atoms with Gasteiger partial charge in [0.05, 0.1) is 11.6 Å². The number of para-hydroxylation sites is 1. The lowest BCUT2D eigenvalue weighted by Gasteiger charge is -2.04. The number of methoxy groups -OCH3 is 1. The van der Waals surface area contributed by atoms with Gasteiger partial charge in [0.2, 0.25) is 5.95 Å². The summed E-state index contributed by atoms with van der Waals surface area (Å²) in [6.45, 7) is 0. The predicted molar refractivity (Wildman–Crippen MR) is 83.9 cm³/mol. The average molecular weight is 349 g/mol. The summed E-state index contributed by atoms with van der Waals surface area (Å²) in [6, 6.07) is 7.06. The standard InChI is InChI=1S/C14H13BrN4O2/c1-21-12-5-3-2-4-10(12)6-7-16-14(20)19-13-17-8-11(15)9-18-13/h2-9H,1H3,(H2,16,17,18,19,20)/b7-6+. The average Bonchev–Trinajstić information content (AvgIpc) is 2.50. The van der Waals surface area contributed by atoms with Crippen molar-refractivity contribution in [1.82, 2.24) is 15.3 Å². The maximum atomic E-state index is 11.6. The number of carbonyl (C=O) groups is 1. The molecule has 2 rings (SSSR count). The van der Waals surface area contributed by atoms with E-state index >= 15 is 0 Å². The summed E-state index contributed by atoms with van der Waals surface area (Å²) in [5.41, 5.74) is 0.861. The Morgan fingerprint density at radius 2 is 2.00 bits per heavy atom. The van der Waals surface area contributed by atoms with Crippen LogP contribution in [0.5, 0.6) is 5.75 Å². The Hall–Kier alpha value is -2.41. The van der Waals surface area contributed by atoms with E-state index in [0.717, 1.165) is 15.8 Å². The zero-order valence-corrected chi connectivity index (χ0v) is 12.8. The summed E-state index contributed by atoms with van der Waals surface area (Å²) in [4.78, 5) is 19.5. The van der Waals surface area contributed by atoms with Gasteiger partial charge in [-0.05, 0) is 28.1 Å². The van der Waals surface area contributed by atoms with E-state index in [-0.39, 0.29) is 5.95 Å². The molecule has 1 aromatic heterocycles. The Bertz CT molecular complexity index is 644. The van der Waals surface area contributed by atoms with Crippen LogP contribution in [0.1, 0.15) is 5.56 Å². The molecule has 0 spiro atoms. The van der Waals surface area contributed by atoms with Crippen molar-refractivity contribution in [2.45, 2.75) is 0 Å². The molecule has 0 radical (unpaired) electrons. The second-order valence-electron chi connectivity index (χ2n) is 3.90. The van der Waals surface area contributed by atoms with E-state index in [0.29, 0.717) is 0 Å². The van der Waals surface area contributed by atoms with Gasteiger partial charge < -0.3 is 10.1 Å². The summed E-state index contributed by atoms with van der Waals surface area (Å²) in [7, 11) is 1.59. The number of carbonyl (C=O) groups excluding carboxylic acids is 1. The van der Waals surface area contributed by atoms with E-state index in [4.69, 9.17) is 4.74 Å². The minimum Gasteiger partial charge on any atom is -0.496 e. The van der Waals surface area contributed by atoms with Gasteiger partial charge in [-0.3, -0.25) is 5.32 Å². The third-order valence-corrected chi connectivity index (χ3v) is 2.87. The normalized spacial score (nSPS) is 10.4. The van der Waals surface area contributed by atoms with Crippen LogP contribution in [0.3, 0.4) is 0 Å². The first-order valence-corrected chi connectivity index (χ1v) is 6.83. The van der Waals surface area contributed by atoms with E-state index < -0.39 is 6.03 Å². The van der Waals surface area contributed by atoms with Gasteiger partial charge in [-0.1, -0.05) is 18.2 Å². The van der Waals surface area contributed by atoms with Crippen molar-refractivity contribution in [3.05, 3.63) is 52.9 Å². The minimum atomic E-state index is -0.427. The van der Waals surface area contributed by atoms with Gasteiger partial charge in [-0.25, -0.2) is 14.8 Å². The van der Waals surface area contributed by atoms with Crippen molar-refractivity contribution in [1.29, 1.82) is 0 Å². The highest BCUT2D eigenvalue weighted by atomic mass is 79.9. The topological polar surface area (TPSA) is 76.1 Å². The largest absolute Gasteiger partial charge is 0.496 e. The fourth-order valence-electron chi connectivity index (χ4n) is 1.53. The molecule has 1 aromatic carbocycles. The zero-order valence-electron chi connectivity index (χ0n) is 11.2. The molecule has 0 aliphatic carbocycles. The fraction of sp³-hybridized carbons (Fsp3) is 0.0714. The van der Waals surface area contributed by atoms with Gasteiger partial charge in [0.1, 0.15) is 5.75 Å². The molecule has 0 fully saturated rings. The fourth-order valence-corrected chi connectivity index (χ4v) is 1.73. The second-order valence-corrected chi connectivity index (χ2v) is 4.81. The van der Waals surface area contributed by atoms with Crippen molar-refractivity contribution in [3.63, 3.8) is 0 Å². The Kier molecular flexibility index (Phi) is 5.28. The highest BCUT2D eigenvalue weighted by Crippen LogP contribution is 2.18. The lowest BCUT2D eigenvalue weighted by atomic mass is 10.2. The Morgan fingerprint density at radius 3 is 2.71 bits per heavy atom. The van der Waals surface area contributed by atoms with Crippen LogP contribution in [0, 0.1) is 0 Å². The summed E-state index contributed by atoms with van der Waals surface area (Å²) in [5.74, 6) is 0.952. The molecule has 0 bridgehead atoms. The van der Waals surface area contributed by atoms with Crippen LogP contribution in [0.2, 0.25) is 0 Å².